The maximum atomic E-state index is 12.3. The van der Waals surface area contributed by atoms with Gasteiger partial charge in [0.25, 0.3) is 0 Å². The maximum absolute atomic E-state index is 12.3. The zero-order valence-corrected chi connectivity index (χ0v) is 19.9. The van der Waals surface area contributed by atoms with Crippen molar-refractivity contribution in [2.45, 2.75) is 44.8 Å². The lowest BCUT2D eigenvalue weighted by molar-refractivity contribution is -0.955. The highest BCUT2D eigenvalue weighted by molar-refractivity contribution is 7.86. The number of benzene rings is 1. The first-order valence-electron chi connectivity index (χ1n) is 10.9. The number of hydrogen-bond acceptors (Lipinski definition) is 6. The molecule has 8 nitrogen and oxygen atoms in total. The molecule has 34 heavy (non-hydrogen) atoms. The van der Waals surface area contributed by atoms with Crippen LogP contribution >= 0.6 is 0 Å². The Morgan fingerprint density at radius 3 is 2.32 bits per heavy atom. The molecule has 1 aromatic rings. The molecule has 12 heteroatoms. The van der Waals surface area contributed by atoms with Crippen molar-refractivity contribution in [1.29, 1.82) is 0 Å². The van der Waals surface area contributed by atoms with Gasteiger partial charge in [0, 0.05) is 6.42 Å². The Bertz CT molecular complexity index is 966. The monoisotopic (exact) mass is 510 g/mol. The first-order valence-corrected chi connectivity index (χ1v) is 12.4. The molecular weight excluding hydrogens is 479 g/mol. The Morgan fingerprint density at radius 1 is 1.18 bits per heavy atom. The average molecular weight is 511 g/mol. The predicted octanol–water partition coefficient (Wildman–Crippen LogP) is 3.60. The fourth-order valence-corrected chi connectivity index (χ4v) is 4.42. The number of quaternary nitrogens is 1. The number of aliphatic hydroxyl groups excluding tert-OH is 1. The van der Waals surface area contributed by atoms with Crippen molar-refractivity contribution in [2.24, 2.45) is 5.92 Å². The molecule has 3 atom stereocenters. The average Bonchev–Trinajstić information content (AvgIpc) is 2.77. The van der Waals surface area contributed by atoms with Gasteiger partial charge in [0.05, 0.1) is 38.8 Å². The third-order valence-corrected chi connectivity index (χ3v) is 6.83. The highest BCUT2D eigenvalue weighted by Gasteiger charge is 2.49. The largest absolute Gasteiger partial charge is 0.522 e. The van der Waals surface area contributed by atoms with Crippen LogP contribution in [0.1, 0.15) is 32.3 Å². The topological polar surface area (TPSA) is 110 Å². The van der Waals surface area contributed by atoms with Gasteiger partial charge in [-0.05, 0) is 25.8 Å². The molecule has 0 radical (unpaired) electrons. The van der Waals surface area contributed by atoms with Crippen LogP contribution in [0.15, 0.2) is 41.7 Å². The van der Waals surface area contributed by atoms with E-state index in [0.717, 1.165) is 30.4 Å². The Hall–Kier alpha value is -2.15. The summed E-state index contributed by atoms with van der Waals surface area (Å²) in [6.07, 6.45) is 1.90. The van der Waals surface area contributed by atoms with Crippen molar-refractivity contribution < 1.29 is 50.0 Å². The molecule has 0 spiro atoms. The van der Waals surface area contributed by atoms with Gasteiger partial charge in [0.1, 0.15) is 23.9 Å². The van der Waals surface area contributed by atoms with E-state index in [2.05, 4.69) is 19.1 Å². The number of hydrogen-bond donors (Lipinski definition) is 2. The van der Waals surface area contributed by atoms with Gasteiger partial charge in [0.2, 0.25) is 0 Å². The molecule has 0 amide bonds. The van der Waals surface area contributed by atoms with Crippen LogP contribution in [0.25, 0.3) is 0 Å². The van der Waals surface area contributed by atoms with E-state index in [-0.39, 0.29) is 17.6 Å². The molecule has 2 N–H and O–H groups in total. The molecule has 3 rings (SSSR count). The normalized spacial score (nSPS) is 24.8. The van der Waals surface area contributed by atoms with Crippen molar-refractivity contribution in [3.63, 3.8) is 0 Å². The molecule has 2 bridgehead atoms. The predicted molar refractivity (Wildman–Crippen MR) is 117 cm³/mol. The van der Waals surface area contributed by atoms with Crippen LogP contribution in [0.4, 0.5) is 13.2 Å². The van der Waals surface area contributed by atoms with Crippen LogP contribution in [0.3, 0.4) is 0 Å². The van der Waals surface area contributed by atoms with Gasteiger partial charge in [-0.3, -0.25) is 4.55 Å². The molecule has 2 heterocycles. The molecular formula is C22H31F3NO7S+. The summed E-state index contributed by atoms with van der Waals surface area (Å²) in [5.41, 5.74) is -3.89. The second-order valence-electron chi connectivity index (χ2n) is 8.31. The Balaban J connectivity index is 0.000000440. The number of rotatable bonds is 7. The van der Waals surface area contributed by atoms with Gasteiger partial charge in [-0.1, -0.05) is 30.3 Å². The summed E-state index contributed by atoms with van der Waals surface area (Å²) in [5.74, 6) is -0.0423. The number of carbonyl (C=O) groups is 1. The van der Waals surface area contributed by atoms with Crippen LogP contribution in [-0.4, -0.2) is 72.9 Å². The lowest BCUT2D eigenvalue weighted by Crippen LogP contribution is -2.65. The molecule has 3 unspecified atom stereocenters. The van der Waals surface area contributed by atoms with Gasteiger partial charge >= 0.3 is 21.6 Å². The highest BCUT2D eigenvalue weighted by atomic mass is 32.2. The second-order valence-corrected chi connectivity index (χ2v) is 9.72. The van der Waals surface area contributed by atoms with Crippen LogP contribution in [0, 0.1) is 5.92 Å². The van der Waals surface area contributed by atoms with E-state index in [4.69, 9.17) is 22.4 Å². The molecule has 2 aliphatic rings. The summed E-state index contributed by atoms with van der Waals surface area (Å²) < 4.78 is 69.6. The quantitative estimate of drug-likeness (QED) is 0.250. The van der Waals surface area contributed by atoms with Crippen molar-refractivity contribution in [3.05, 3.63) is 47.2 Å². The third kappa shape index (κ3) is 6.94. The minimum atomic E-state index is -5.84. The smallest absolute Gasteiger partial charge is 0.511 e. The number of aliphatic hydroxyl groups is 1. The number of likely N-dealkylation sites (N-methyl/N-ethyl adjacent to an activating group) is 1. The van der Waals surface area contributed by atoms with Crippen molar-refractivity contribution in [3.8, 4) is 0 Å². The number of esters is 1. The molecule has 0 saturated carbocycles. The number of alkyl halides is 3. The van der Waals surface area contributed by atoms with Gasteiger partial charge in [-0.2, -0.15) is 21.6 Å². The molecule has 1 fully saturated rings. The van der Waals surface area contributed by atoms with Crippen LogP contribution < -0.4 is 0 Å². The van der Waals surface area contributed by atoms with Crippen LogP contribution in [0.2, 0.25) is 0 Å². The number of ether oxygens (including phenoxy) is 2. The van der Waals surface area contributed by atoms with Crippen molar-refractivity contribution in [2.75, 3.05) is 32.8 Å². The van der Waals surface area contributed by atoms with Crippen LogP contribution in [-0.2, 0) is 31.0 Å². The summed E-state index contributed by atoms with van der Waals surface area (Å²) in [6.45, 7) is 7.91. The maximum Gasteiger partial charge on any atom is 0.522 e. The first kappa shape index (κ1) is 28.1. The molecule has 2 aliphatic heterocycles. The van der Waals surface area contributed by atoms with Crippen molar-refractivity contribution in [1.82, 2.24) is 0 Å². The third-order valence-electron chi connectivity index (χ3n) is 6.24. The highest BCUT2D eigenvalue weighted by Crippen LogP contribution is 2.39. The molecule has 1 aromatic carbocycles. The van der Waals surface area contributed by atoms with E-state index in [1.54, 1.807) is 6.92 Å². The second kappa shape index (κ2) is 11.5. The van der Waals surface area contributed by atoms with E-state index in [1.807, 2.05) is 18.2 Å². The summed E-state index contributed by atoms with van der Waals surface area (Å²) in [5, 5.41) is 10.5. The fourth-order valence-electron chi connectivity index (χ4n) is 4.42. The van der Waals surface area contributed by atoms with Crippen molar-refractivity contribution >= 4 is 16.1 Å². The van der Waals surface area contributed by atoms with E-state index in [1.165, 1.54) is 5.56 Å². The van der Waals surface area contributed by atoms with Gasteiger partial charge in [-0.15, -0.1) is 0 Å². The number of piperidine rings is 1. The molecule has 0 aliphatic carbocycles. The fraction of sp³-hybridized carbons (Fsp3) is 0.591. The molecule has 1 saturated heterocycles. The zero-order valence-electron chi connectivity index (χ0n) is 19.1. The Labute approximate surface area is 197 Å². The van der Waals surface area contributed by atoms with Gasteiger partial charge in [0.15, 0.2) is 0 Å². The summed E-state index contributed by atoms with van der Waals surface area (Å²) in [7, 11) is -5.84. The zero-order chi connectivity index (χ0) is 25.6. The lowest BCUT2D eigenvalue weighted by atomic mass is 9.82. The molecule has 192 valence electrons. The summed E-state index contributed by atoms with van der Waals surface area (Å²) in [4.78, 5) is 12.3. The summed E-state index contributed by atoms with van der Waals surface area (Å²) >= 11 is 0. The number of carbonyl (C=O) groups excluding carboxylic acids is 1. The SMILES string of the molecule is CCOC(=O)C1=C(O)C2CCC(COCc3ccccc3)[N+](CC)(C1)C2.O=S(=O)(O)C(F)(F)F. The lowest BCUT2D eigenvalue weighted by Gasteiger charge is -2.52. The van der Waals surface area contributed by atoms with Crippen LogP contribution in [0.5, 0.6) is 0 Å². The Kier molecular flexibility index (Phi) is 9.52. The number of halogens is 3. The first-order chi connectivity index (χ1) is 15.8. The minimum Gasteiger partial charge on any atom is -0.511 e. The Morgan fingerprint density at radius 2 is 1.79 bits per heavy atom. The van der Waals surface area contributed by atoms with E-state index in [9.17, 15) is 23.1 Å². The van der Waals surface area contributed by atoms with E-state index >= 15 is 0 Å². The number of nitrogens with zero attached hydrogens (tertiary/aromatic N) is 1. The van der Waals surface area contributed by atoms with E-state index in [0.29, 0.717) is 38.0 Å². The molecule has 0 aromatic heterocycles. The summed E-state index contributed by atoms with van der Waals surface area (Å²) in [6, 6.07) is 10.5. The minimum absolute atomic E-state index is 0.0634. The van der Waals surface area contributed by atoms with E-state index < -0.39 is 15.6 Å². The standard InChI is InChI=1S/C21H29NO4.CHF3O3S/c1-3-22-12-17(20(23)19(13-22)21(24)26-4-2)10-11-18(22)15-25-14-16-8-6-5-7-9-16;2-1(3,4)8(5,6)7/h5-9,17-18H,3-4,10-15H2,1-2H3;(H,5,6,7)/p+1. The van der Waals surface area contributed by atoms with Gasteiger partial charge < -0.3 is 19.1 Å². The van der Waals surface area contributed by atoms with Gasteiger partial charge in [-0.25, -0.2) is 4.79 Å². The number of fused-ring (bicyclic) bond motifs is 2.